The summed E-state index contributed by atoms with van der Waals surface area (Å²) in [5.74, 6) is 0.194. The highest BCUT2D eigenvalue weighted by molar-refractivity contribution is 6.07. The highest BCUT2D eigenvalue weighted by Crippen LogP contribution is 2.37. The molecule has 0 unspecified atom stereocenters. The quantitative estimate of drug-likeness (QED) is 0.620. The van der Waals surface area contributed by atoms with Gasteiger partial charge in [0.2, 0.25) is 0 Å². The predicted molar refractivity (Wildman–Crippen MR) is 95.7 cm³/mol. The summed E-state index contributed by atoms with van der Waals surface area (Å²) < 4.78 is 0. The van der Waals surface area contributed by atoms with Crippen molar-refractivity contribution >= 4 is 5.78 Å². The van der Waals surface area contributed by atoms with Gasteiger partial charge in [0.1, 0.15) is 0 Å². The van der Waals surface area contributed by atoms with Crippen molar-refractivity contribution in [2.24, 2.45) is 0 Å². The number of Topliss-reactive ketones (excluding diaryl/α,β-unsaturated/α-hetero) is 1. The van der Waals surface area contributed by atoms with Crippen LogP contribution in [0, 0.1) is 0 Å². The monoisotopic (exact) mass is 303 g/mol. The minimum Gasteiger partial charge on any atom is -0.357 e. The Morgan fingerprint density at radius 3 is 1.96 bits per heavy atom. The number of H-pyrrole nitrogens is 1. The Hall–Kier alpha value is -2.61. The first-order valence-electron chi connectivity index (χ1n) is 8.15. The van der Waals surface area contributed by atoms with E-state index in [2.05, 4.69) is 36.2 Å². The molecule has 0 saturated heterocycles. The van der Waals surface area contributed by atoms with Crippen LogP contribution < -0.4 is 0 Å². The van der Waals surface area contributed by atoms with Gasteiger partial charge >= 0.3 is 0 Å². The van der Waals surface area contributed by atoms with E-state index in [1.165, 1.54) is 0 Å². The summed E-state index contributed by atoms with van der Waals surface area (Å²) in [5.41, 5.74) is 6.12. The molecule has 0 amide bonds. The van der Waals surface area contributed by atoms with Gasteiger partial charge in [0.05, 0.1) is 5.69 Å². The number of carbonyl (C=O) groups is 1. The average molecular weight is 303 g/mol. The molecule has 0 atom stereocenters. The van der Waals surface area contributed by atoms with Gasteiger partial charge in [-0.05, 0) is 17.5 Å². The van der Waals surface area contributed by atoms with Crippen LogP contribution in [-0.4, -0.2) is 10.8 Å². The number of aromatic nitrogens is 1. The molecule has 2 aromatic carbocycles. The number of hydrogen-bond acceptors (Lipinski definition) is 1. The molecule has 1 aromatic heterocycles. The largest absolute Gasteiger partial charge is 0.357 e. The number of nitrogens with one attached hydrogen (secondary N) is 1. The average Bonchev–Trinajstić information content (AvgIpc) is 3.02. The molecule has 0 saturated carbocycles. The van der Waals surface area contributed by atoms with Crippen LogP contribution in [-0.2, 0) is 6.42 Å². The van der Waals surface area contributed by atoms with Gasteiger partial charge in [0.25, 0.3) is 0 Å². The van der Waals surface area contributed by atoms with Gasteiger partial charge in [-0.15, -0.1) is 0 Å². The standard InChI is InChI=1S/C21H21NO/c1-3-17-20(18(23)4-2)19(15-11-7-5-8-12-15)21(22-17)16-13-9-6-10-14-16/h5-14,22H,3-4H2,1-2H3. The molecule has 0 aliphatic carbocycles. The van der Waals surface area contributed by atoms with Crippen molar-refractivity contribution in [3.63, 3.8) is 0 Å². The van der Waals surface area contributed by atoms with Crippen molar-refractivity contribution in [2.75, 3.05) is 0 Å². The number of hydrogen-bond donors (Lipinski definition) is 1. The molecule has 3 aromatic rings. The van der Waals surface area contributed by atoms with Crippen LogP contribution in [0.15, 0.2) is 60.7 Å². The highest BCUT2D eigenvalue weighted by atomic mass is 16.1. The van der Waals surface area contributed by atoms with E-state index in [0.717, 1.165) is 40.1 Å². The molecule has 0 radical (unpaired) electrons. The van der Waals surface area contributed by atoms with Gasteiger partial charge in [-0.1, -0.05) is 74.5 Å². The van der Waals surface area contributed by atoms with E-state index in [1.807, 2.05) is 43.3 Å². The fourth-order valence-electron chi connectivity index (χ4n) is 3.02. The second-order valence-corrected chi connectivity index (χ2v) is 5.59. The van der Waals surface area contributed by atoms with Gasteiger partial charge in [-0.3, -0.25) is 4.79 Å². The molecule has 23 heavy (non-hydrogen) atoms. The second kappa shape index (κ2) is 6.66. The molecule has 0 bridgehead atoms. The zero-order valence-corrected chi connectivity index (χ0v) is 13.6. The molecule has 0 spiro atoms. The molecule has 116 valence electrons. The fraction of sp³-hybridized carbons (Fsp3) is 0.190. The summed E-state index contributed by atoms with van der Waals surface area (Å²) in [5, 5.41) is 0. The van der Waals surface area contributed by atoms with E-state index >= 15 is 0 Å². The Labute approximate surface area is 137 Å². The summed E-state index contributed by atoms with van der Waals surface area (Å²) in [6, 6.07) is 20.4. The fourth-order valence-corrected chi connectivity index (χ4v) is 3.02. The molecular weight excluding hydrogens is 282 g/mol. The van der Waals surface area contributed by atoms with Gasteiger partial charge < -0.3 is 4.98 Å². The maximum absolute atomic E-state index is 12.6. The van der Waals surface area contributed by atoms with Crippen molar-refractivity contribution < 1.29 is 4.79 Å². The van der Waals surface area contributed by atoms with Crippen LogP contribution in [0.3, 0.4) is 0 Å². The van der Waals surface area contributed by atoms with Crippen molar-refractivity contribution in [1.29, 1.82) is 0 Å². The van der Waals surface area contributed by atoms with E-state index in [9.17, 15) is 4.79 Å². The minimum atomic E-state index is 0.194. The molecular formula is C21H21NO. The lowest BCUT2D eigenvalue weighted by Gasteiger charge is -2.08. The maximum atomic E-state index is 12.6. The van der Waals surface area contributed by atoms with Crippen LogP contribution >= 0.6 is 0 Å². The van der Waals surface area contributed by atoms with Crippen molar-refractivity contribution in [3.8, 4) is 22.4 Å². The number of benzene rings is 2. The predicted octanol–water partition coefficient (Wildman–Crippen LogP) is 5.50. The minimum absolute atomic E-state index is 0.194. The second-order valence-electron chi connectivity index (χ2n) is 5.59. The smallest absolute Gasteiger partial charge is 0.165 e. The first-order chi connectivity index (χ1) is 11.3. The zero-order chi connectivity index (χ0) is 16.2. The summed E-state index contributed by atoms with van der Waals surface area (Å²) in [6.45, 7) is 4.01. The molecule has 0 fully saturated rings. The molecule has 3 rings (SSSR count). The summed E-state index contributed by atoms with van der Waals surface area (Å²) in [7, 11) is 0. The van der Waals surface area contributed by atoms with Crippen molar-refractivity contribution in [3.05, 3.63) is 71.9 Å². The lowest BCUT2D eigenvalue weighted by atomic mass is 9.94. The van der Waals surface area contributed by atoms with Crippen molar-refractivity contribution in [2.45, 2.75) is 26.7 Å². The Balaban J connectivity index is 2.32. The lowest BCUT2D eigenvalue weighted by molar-refractivity contribution is 0.0988. The number of rotatable bonds is 5. The Morgan fingerprint density at radius 1 is 0.870 bits per heavy atom. The van der Waals surface area contributed by atoms with E-state index in [1.54, 1.807) is 0 Å². The number of carbonyl (C=O) groups excluding carboxylic acids is 1. The van der Waals surface area contributed by atoms with E-state index in [-0.39, 0.29) is 5.78 Å². The van der Waals surface area contributed by atoms with E-state index < -0.39 is 0 Å². The highest BCUT2D eigenvalue weighted by Gasteiger charge is 2.22. The molecule has 1 N–H and O–H groups in total. The van der Waals surface area contributed by atoms with E-state index in [4.69, 9.17) is 0 Å². The SMILES string of the molecule is CCC(=O)c1c(CC)[nH]c(-c2ccccc2)c1-c1ccccc1. The van der Waals surface area contributed by atoms with Crippen molar-refractivity contribution in [1.82, 2.24) is 4.98 Å². The normalized spacial score (nSPS) is 10.7. The van der Waals surface area contributed by atoms with Crippen LogP contribution in [0.4, 0.5) is 0 Å². The third-order valence-corrected chi connectivity index (χ3v) is 4.16. The molecule has 0 aliphatic rings. The lowest BCUT2D eigenvalue weighted by Crippen LogP contribution is -2.01. The molecule has 2 nitrogen and oxygen atoms in total. The van der Waals surface area contributed by atoms with E-state index in [0.29, 0.717) is 6.42 Å². The summed E-state index contributed by atoms with van der Waals surface area (Å²) in [6.07, 6.45) is 1.33. The van der Waals surface area contributed by atoms with Gasteiger partial charge in [-0.25, -0.2) is 0 Å². The van der Waals surface area contributed by atoms with Gasteiger partial charge in [0, 0.05) is 23.2 Å². The first-order valence-corrected chi connectivity index (χ1v) is 8.15. The number of aryl methyl sites for hydroxylation is 1. The molecule has 2 heteroatoms. The summed E-state index contributed by atoms with van der Waals surface area (Å²) in [4.78, 5) is 16.1. The first kappa shape index (κ1) is 15.3. The summed E-state index contributed by atoms with van der Waals surface area (Å²) >= 11 is 0. The number of aromatic amines is 1. The number of ketones is 1. The van der Waals surface area contributed by atoms with Crippen LogP contribution in [0.25, 0.3) is 22.4 Å². The van der Waals surface area contributed by atoms with Gasteiger partial charge in [0.15, 0.2) is 5.78 Å². The van der Waals surface area contributed by atoms with Crippen LogP contribution in [0.5, 0.6) is 0 Å². The third kappa shape index (κ3) is 2.85. The van der Waals surface area contributed by atoms with Crippen LogP contribution in [0.1, 0.15) is 36.3 Å². The zero-order valence-electron chi connectivity index (χ0n) is 13.6. The molecule has 1 heterocycles. The third-order valence-electron chi connectivity index (χ3n) is 4.16. The van der Waals surface area contributed by atoms with Crippen LogP contribution in [0.2, 0.25) is 0 Å². The van der Waals surface area contributed by atoms with Gasteiger partial charge in [-0.2, -0.15) is 0 Å². The maximum Gasteiger partial charge on any atom is 0.165 e. The Bertz CT molecular complexity index is 801. The molecule has 0 aliphatic heterocycles. The Morgan fingerprint density at radius 2 is 1.43 bits per heavy atom. The Kier molecular flexibility index (Phi) is 4.42. The topological polar surface area (TPSA) is 32.9 Å².